The van der Waals surface area contributed by atoms with Gasteiger partial charge in [-0.05, 0) is 39.0 Å². The Morgan fingerprint density at radius 1 is 1.30 bits per heavy atom. The van der Waals surface area contributed by atoms with Crippen molar-refractivity contribution < 1.29 is 33.8 Å². The molecule has 2 N–H and O–H groups in total. The molecule has 3 aliphatic heterocycles. The third-order valence-electron chi connectivity index (χ3n) is 8.02. The summed E-state index contributed by atoms with van der Waals surface area (Å²) in [5.41, 5.74) is -1.16. The van der Waals surface area contributed by atoms with Crippen molar-refractivity contribution >= 4 is 39.6 Å². The molecule has 2 bridgehead atoms. The molecular formula is C29H44BrN3O7. The number of rotatable bonds is 17. The summed E-state index contributed by atoms with van der Waals surface area (Å²) in [4.78, 5) is 56.7. The molecule has 11 heteroatoms. The monoisotopic (exact) mass is 625 g/mol. The van der Waals surface area contributed by atoms with E-state index in [1.807, 2.05) is 6.92 Å². The SMILES string of the molecule is C=CCCC(=O)NC[C@@H](C)OC(=O)[C@@H]1[C@H]2O[C@@]3(CC2Br)[C@H](C(=O)N(CC=C)CCCC)N(CCCCO)C(=O)[C@@H]13. The van der Waals surface area contributed by atoms with E-state index in [0.29, 0.717) is 45.2 Å². The van der Waals surface area contributed by atoms with Crippen molar-refractivity contribution in [1.82, 2.24) is 15.1 Å². The number of amides is 3. The molecule has 3 saturated heterocycles. The molecule has 10 nitrogen and oxygen atoms in total. The van der Waals surface area contributed by atoms with Gasteiger partial charge in [-0.2, -0.15) is 0 Å². The van der Waals surface area contributed by atoms with E-state index in [0.717, 1.165) is 12.8 Å². The molecule has 0 aromatic heterocycles. The van der Waals surface area contributed by atoms with Crippen LogP contribution in [0.1, 0.15) is 58.8 Å². The first kappa shape index (κ1) is 32.3. The van der Waals surface area contributed by atoms with E-state index < -0.39 is 41.7 Å². The molecule has 0 aromatic carbocycles. The molecule has 1 unspecified atom stereocenters. The van der Waals surface area contributed by atoms with Crippen LogP contribution in [0.2, 0.25) is 0 Å². The van der Waals surface area contributed by atoms with Crippen LogP contribution in [-0.4, -0.2) is 100 Å². The van der Waals surface area contributed by atoms with Gasteiger partial charge >= 0.3 is 5.97 Å². The number of likely N-dealkylation sites (tertiary alicyclic amines) is 1. The van der Waals surface area contributed by atoms with Gasteiger partial charge in [0.05, 0.1) is 24.5 Å². The Balaban J connectivity index is 1.86. The lowest BCUT2D eigenvalue weighted by atomic mass is 9.70. The second-order valence-corrected chi connectivity index (χ2v) is 12.1. The Bertz CT molecular complexity index is 962. The number of nitrogens with zero attached hydrogens (tertiary/aromatic N) is 2. The van der Waals surface area contributed by atoms with Gasteiger partial charge in [0.25, 0.3) is 0 Å². The molecule has 7 atom stereocenters. The number of aliphatic hydroxyl groups is 1. The Morgan fingerprint density at radius 3 is 2.70 bits per heavy atom. The van der Waals surface area contributed by atoms with E-state index >= 15 is 0 Å². The van der Waals surface area contributed by atoms with Crippen LogP contribution in [0.4, 0.5) is 0 Å². The van der Waals surface area contributed by atoms with Crippen LogP contribution < -0.4 is 5.32 Å². The molecule has 0 aliphatic carbocycles. The molecule has 3 heterocycles. The van der Waals surface area contributed by atoms with Crippen LogP contribution in [0.5, 0.6) is 0 Å². The van der Waals surface area contributed by atoms with Gasteiger partial charge in [0, 0.05) is 37.5 Å². The summed E-state index contributed by atoms with van der Waals surface area (Å²) < 4.78 is 12.2. The Labute approximate surface area is 245 Å². The number of unbranched alkanes of at least 4 members (excludes halogenated alkanes) is 2. The quantitative estimate of drug-likeness (QED) is 0.110. The highest BCUT2D eigenvalue weighted by atomic mass is 79.9. The molecule has 3 rings (SSSR count). The van der Waals surface area contributed by atoms with Crippen molar-refractivity contribution in [1.29, 1.82) is 0 Å². The Morgan fingerprint density at radius 2 is 2.05 bits per heavy atom. The third-order valence-corrected chi connectivity index (χ3v) is 8.87. The lowest BCUT2D eigenvalue weighted by molar-refractivity contribution is -0.159. The number of fused-ring (bicyclic) bond motifs is 1. The van der Waals surface area contributed by atoms with Crippen molar-refractivity contribution in [2.45, 2.75) is 87.5 Å². The van der Waals surface area contributed by atoms with E-state index in [1.165, 1.54) is 0 Å². The van der Waals surface area contributed by atoms with Crippen molar-refractivity contribution in [3.63, 3.8) is 0 Å². The molecule has 224 valence electrons. The van der Waals surface area contributed by atoms with Gasteiger partial charge in [0.1, 0.15) is 17.7 Å². The van der Waals surface area contributed by atoms with Gasteiger partial charge < -0.3 is 29.7 Å². The van der Waals surface area contributed by atoms with Crippen molar-refractivity contribution in [2.24, 2.45) is 11.8 Å². The summed E-state index contributed by atoms with van der Waals surface area (Å²) in [6, 6.07) is -0.884. The lowest BCUT2D eigenvalue weighted by Gasteiger charge is -2.37. The number of hydrogen-bond acceptors (Lipinski definition) is 7. The van der Waals surface area contributed by atoms with Gasteiger partial charge in [-0.1, -0.05) is 41.4 Å². The summed E-state index contributed by atoms with van der Waals surface area (Å²) in [6.45, 7) is 12.4. The van der Waals surface area contributed by atoms with E-state index in [1.54, 1.807) is 28.9 Å². The van der Waals surface area contributed by atoms with Gasteiger partial charge in [0.15, 0.2) is 0 Å². The second kappa shape index (κ2) is 14.6. The van der Waals surface area contributed by atoms with Gasteiger partial charge in [-0.25, -0.2) is 0 Å². The minimum atomic E-state index is -1.16. The molecule has 40 heavy (non-hydrogen) atoms. The molecular weight excluding hydrogens is 582 g/mol. The number of carbonyl (C=O) groups excluding carboxylic acids is 4. The van der Waals surface area contributed by atoms with Gasteiger partial charge in [-0.15, -0.1) is 13.2 Å². The van der Waals surface area contributed by atoms with E-state index in [9.17, 15) is 24.3 Å². The molecule has 1 spiro atoms. The third kappa shape index (κ3) is 6.62. The largest absolute Gasteiger partial charge is 0.460 e. The first-order chi connectivity index (χ1) is 19.2. The topological polar surface area (TPSA) is 125 Å². The average molecular weight is 627 g/mol. The highest BCUT2D eigenvalue weighted by molar-refractivity contribution is 9.09. The molecule has 0 aromatic rings. The minimum Gasteiger partial charge on any atom is -0.460 e. The van der Waals surface area contributed by atoms with Crippen LogP contribution in [0.3, 0.4) is 0 Å². The van der Waals surface area contributed by atoms with Crippen molar-refractivity contribution in [3.05, 3.63) is 25.3 Å². The number of nitrogens with one attached hydrogen (secondary N) is 1. The van der Waals surface area contributed by atoms with Crippen LogP contribution >= 0.6 is 15.9 Å². The fourth-order valence-electron chi connectivity index (χ4n) is 6.18. The van der Waals surface area contributed by atoms with E-state index in [2.05, 4.69) is 34.4 Å². The second-order valence-electron chi connectivity index (χ2n) is 10.9. The number of carbonyl (C=O) groups is 4. The highest BCUT2D eigenvalue weighted by Crippen LogP contribution is 2.60. The standard InChI is InChI=1S/C29H44BrN3O7/c1-5-8-12-21(35)31-18-19(4)39-28(38)22-23-26(36)33(15-10-11-16-34)25(29(23)17-20(30)24(22)40-29)27(37)32(13-7-3)14-9-6-2/h5,7,19-20,22-25,34H,1,3,6,8-18H2,2,4H3,(H,31,35)/t19-,20?,22+,23-,24+,25+,29-/m1/s1. The maximum Gasteiger partial charge on any atom is 0.312 e. The van der Waals surface area contributed by atoms with E-state index in [-0.39, 0.29) is 42.2 Å². The number of allylic oxidation sites excluding steroid dienone is 1. The Hall–Kier alpha value is -2.24. The average Bonchev–Trinajstić information content (AvgIpc) is 3.51. The summed E-state index contributed by atoms with van der Waals surface area (Å²) >= 11 is 3.66. The predicted octanol–water partition coefficient (Wildman–Crippen LogP) is 2.34. The zero-order chi connectivity index (χ0) is 29.4. The predicted molar refractivity (Wildman–Crippen MR) is 153 cm³/mol. The maximum atomic E-state index is 14.1. The summed E-state index contributed by atoms with van der Waals surface area (Å²) in [5, 5.41) is 12.1. The number of alkyl halides is 1. The molecule has 3 aliphatic rings. The number of ether oxygens (including phenoxy) is 2. The zero-order valence-electron chi connectivity index (χ0n) is 23.7. The summed E-state index contributed by atoms with van der Waals surface area (Å²) in [7, 11) is 0. The van der Waals surface area contributed by atoms with Gasteiger partial charge in [0.2, 0.25) is 17.7 Å². The fourth-order valence-corrected chi connectivity index (χ4v) is 7.12. The van der Waals surface area contributed by atoms with Crippen LogP contribution in [0.15, 0.2) is 25.3 Å². The smallest absolute Gasteiger partial charge is 0.312 e. The van der Waals surface area contributed by atoms with Crippen LogP contribution in [-0.2, 0) is 28.7 Å². The van der Waals surface area contributed by atoms with Crippen LogP contribution in [0.25, 0.3) is 0 Å². The molecule has 0 radical (unpaired) electrons. The summed E-state index contributed by atoms with van der Waals surface area (Å²) in [6.07, 6.45) is 6.09. The van der Waals surface area contributed by atoms with E-state index in [4.69, 9.17) is 9.47 Å². The van der Waals surface area contributed by atoms with Crippen molar-refractivity contribution in [2.75, 3.05) is 32.8 Å². The molecule has 3 amide bonds. The number of aliphatic hydroxyl groups excluding tert-OH is 1. The van der Waals surface area contributed by atoms with Crippen molar-refractivity contribution in [3.8, 4) is 0 Å². The number of hydrogen-bond donors (Lipinski definition) is 2. The zero-order valence-corrected chi connectivity index (χ0v) is 25.3. The minimum absolute atomic E-state index is 0.0205. The van der Waals surface area contributed by atoms with Crippen LogP contribution in [0, 0.1) is 11.8 Å². The molecule has 3 fully saturated rings. The highest BCUT2D eigenvalue weighted by Gasteiger charge is 2.77. The first-order valence-electron chi connectivity index (χ1n) is 14.4. The normalized spacial score (nSPS) is 29.1. The molecule has 0 saturated carbocycles. The summed E-state index contributed by atoms with van der Waals surface area (Å²) in [5.74, 6) is -2.97. The Kier molecular flexibility index (Phi) is 11.8. The maximum absolute atomic E-state index is 14.1. The first-order valence-corrected chi connectivity index (χ1v) is 15.3. The number of esters is 1. The van der Waals surface area contributed by atoms with Gasteiger partial charge in [-0.3, -0.25) is 19.2 Å². The number of halogens is 1. The lowest BCUT2D eigenvalue weighted by Crippen LogP contribution is -2.57. The fraction of sp³-hybridized carbons (Fsp3) is 0.724.